The fraction of sp³-hybridized carbons (Fsp3) is 0.250. The molecule has 0 rings (SSSR count). The molecule has 7 heavy (non-hydrogen) atoms. The number of esters is 1. The Morgan fingerprint density at radius 1 is 1.86 bits per heavy atom. The largest absolute Gasteiger partial charge is 1.00 e. The molecule has 0 aliphatic rings. The van der Waals surface area contributed by atoms with Crippen LogP contribution in [0.25, 0.3) is 0 Å². The van der Waals surface area contributed by atoms with E-state index >= 15 is 0 Å². The maximum absolute atomic E-state index is 9.78. The molecule has 0 aromatic heterocycles. The van der Waals surface area contributed by atoms with Crippen LogP contribution in [0.3, 0.4) is 0 Å². The van der Waals surface area contributed by atoms with Crippen molar-refractivity contribution >= 4 is 5.97 Å². The van der Waals surface area contributed by atoms with E-state index in [4.69, 9.17) is 0 Å². The fourth-order valence-corrected chi connectivity index (χ4v) is 0.0722. The first-order valence-electron chi connectivity index (χ1n) is 1.42. The topological polar surface area (TPSA) is 26.3 Å². The molecule has 0 atom stereocenters. The SMILES string of the molecule is C=[C-]C(=O)OC.[Rb+]. The summed E-state index contributed by atoms with van der Waals surface area (Å²) in [6.07, 6.45) is 2.00. The van der Waals surface area contributed by atoms with Gasteiger partial charge in [-0.15, -0.1) is 0 Å². The second-order valence-corrected chi connectivity index (χ2v) is 0.668. The number of rotatable bonds is 1. The minimum Gasteiger partial charge on any atom is -0.493 e. The molecule has 0 aromatic carbocycles. The van der Waals surface area contributed by atoms with Crippen LogP contribution in [0.2, 0.25) is 0 Å². The maximum atomic E-state index is 9.78. The Labute approximate surface area is 91.7 Å². The van der Waals surface area contributed by atoms with Gasteiger partial charge in [-0.1, -0.05) is 0 Å². The van der Waals surface area contributed by atoms with Gasteiger partial charge in [-0.05, 0) is 0 Å². The summed E-state index contributed by atoms with van der Waals surface area (Å²) < 4.78 is 4.09. The van der Waals surface area contributed by atoms with Crippen molar-refractivity contribution in [3.05, 3.63) is 12.7 Å². The van der Waals surface area contributed by atoms with Crippen LogP contribution in [0.1, 0.15) is 0 Å². The number of carbonyl (C=O) groups is 1. The molecular formula is C4H5O2Rb. The van der Waals surface area contributed by atoms with Crippen molar-refractivity contribution in [2.75, 3.05) is 7.11 Å². The van der Waals surface area contributed by atoms with Crippen molar-refractivity contribution in [3.63, 3.8) is 0 Å². The van der Waals surface area contributed by atoms with E-state index in [1.807, 2.05) is 6.08 Å². The van der Waals surface area contributed by atoms with Gasteiger partial charge in [-0.25, -0.2) is 0 Å². The van der Waals surface area contributed by atoms with Gasteiger partial charge < -0.3 is 10.8 Å². The normalized spacial score (nSPS) is 5.86. The van der Waals surface area contributed by atoms with Crippen LogP contribution in [-0.2, 0) is 9.53 Å². The van der Waals surface area contributed by atoms with Gasteiger partial charge in [-0.2, -0.15) is 0 Å². The Kier molecular flexibility index (Phi) is 10.9. The third-order valence-electron chi connectivity index (χ3n) is 0.330. The van der Waals surface area contributed by atoms with Crippen LogP contribution in [0.4, 0.5) is 0 Å². The zero-order valence-corrected chi connectivity index (χ0v) is 9.44. The summed E-state index contributed by atoms with van der Waals surface area (Å²) in [7, 11) is 1.28. The number of carbonyl (C=O) groups excluding carboxylic acids is 1. The van der Waals surface area contributed by atoms with Crippen LogP contribution < -0.4 is 58.2 Å². The number of hydrogen-bond acceptors (Lipinski definition) is 2. The van der Waals surface area contributed by atoms with E-state index in [2.05, 4.69) is 11.3 Å². The molecule has 0 N–H and O–H groups in total. The molecule has 0 bridgehead atoms. The molecule has 0 aliphatic carbocycles. The summed E-state index contributed by atoms with van der Waals surface area (Å²) in [5, 5.41) is 0. The van der Waals surface area contributed by atoms with Crippen LogP contribution in [-0.4, -0.2) is 13.1 Å². The molecule has 0 saturated carbocycles. The Bertz CT molecular complexity index is 70.1. The summed E-state index contributed by atoms with van der Waals surface area (Å²) in [6.45, 7) is 3.03. The van der Waals surface area contributed by atoms with Gasteiger partial charge in [0.2, 0.25) is 0 Å². The van der Waals surface area contributed by atoms with Crippen molar-refractivity contribution in [2.45, 2.75) is 0 Å². The third-order valence-corrected chi connectivity index (χ3v) is 0.330. The van der Waals surface area contributed by atoms with Gasteiger partial charge in [0.15, 0.2) is 0 Å². The summed E-state index contributed by atoms with van der Waals surface area (Å²) in [6, 6.07) is 0. The van der Waals surface area contributed by atoms with Crippen LogP contribution in [0.15, 0.2) is 6.58 Å². The van der Waals surface area contributed by atoms with E-state index in [1.54, 1.807) is 0 Å². The van der Waals surface area contributed by atoms with E-state index in [0.29, 0.717) is 0 Å². The molecule has 0 fully saturated rings. The predicted octanol–water partition coefficient (Wildman–Crippen LogP) is -2.85. The molecule has 0 heterocycles. The average Bonchev–Trinajstić information content (AvgIpc) is 1.65. The predicted molar refractivity (Wildman–Crippen MR) is 20.9 cm³/mol. The van der Waals surface area contributed by atoms with Gasteiger partial charge in [-0.3, -0.25) is 11.4 Å². The summed E-state index contributed by atoms with van der Waals surface area (Å²) in [4.78, 5) is 9.78. The van der Waals surface area contributed by atoms with Crippen LogP contribution >= 0.6 is 0 Å². The average molecular weight is 171 g/mol. The second kappa shape index (κ2) is 7.02. The molecule has 2 nitrogen and oxygen atoms in total. The van der Waals surface area contributed by atoms with E-state index < -0.39 is 5.97 Å². The first-order valence-corrected chi connectivity index (χ1v) is 1.42. The first-order chi connectivity index (χ1) is 2.81. The first kappa shape index (κ1) is 10.9. The van der Waals surface area contributed by atoms with E-state index in [9.17, 15) is 4.79 Å². The minimum absolute atomic E-state index is 0. The van der Waals surface area contributed by atoms with Crippen molar-refractivity contribution < 1.29 is 67.7 Å². The van der Waals surface area contributed by atoms with E-state index in [1.165, 1.54) is 7.11 Å². The molecule has 0 aromatic rings. The minimum atomic E-state index is -0.519. The van der Waals surface area contributed by atoms with Crippen LogP contribution in [0, 0.1) is 6.08 Å². The van der Waals surface area contributed by atoms with Crippen LogP contribution in [0.5, 0.6) is 0 Å². The fourth-order valence-electron chi connectivity index (χ4n) is 0.0722. The Morgan fingerprint density at radius 2 is 2.29 bits per heavy atom. The number of methoxy groups -OCH3 is 1. The molecule has 0 amide bonds. The molecule has 0 radical (unpaired) electrons. The van der Waals surface area contributed by atoms with Gasteiger partial charge in [0.25, 0.3) is 0 Å². The molecule has 0 spiro atoms. The van der Waals surface area contributed by atoms with Gasteiger partial charge >= 0.3 is 58.2 Å². The Hall–Kier alpha value is 1.02. The summed E-state index contributed by atoms with van der Waals surface area (Å²) in [5.74, 6) is -0.519. The smallest absolute Gasteiger partial charge is 0.493 e. The molecule has 3 heteroatoms. The van der Waals surface area contributed by atoms with Gasteiger partial charge in [0.1, 0.15) is 5.97 Å². The second-order valence-electron chi connectivity index (χ2n) is 0.668. The molecular weight excluding hydrogens is 166 g/mol. The van der Waals surface area contributed by atoms with Gasteiger partial charge in [0.05, 0.1) is 7.11 Å². The molecule has 0 aliphatic heterocycles. The summed E-state index contributed by atoms with van der Waals surface area (Å²) >= 11 is 0. The third kappa shape index (κ3) is 7.02. The van der Waals surface area contributed by atoms with Crippen molar-refractivity contribution in [1.82, 2.24) is 0 Å². The van der Waals surface area contributed by atoms with Gasteiger partial charge in [0, 0.05) is 0 Å². The number of ether oxygens (including phenoxy) is 1. The molecule has 0 unspecified atom stereocenters. The Balaban J connectivity index is 0. The monoisotopic (exact) mass is 170 g/mol. The maximum Gasteiger partial charge on any atom is 1.00 e. The zero-order valence-electron chi connectivity index (χ0n) is 4.52. The van der Waals surface area contributed by atoms with Crippen molar-refractivity contribution in [3.8, 4) is 0 Å². The van der Waals surface area contributed by atoms with Crippen molar-refractivity contribution in [2.24, 2.45) is 0 Å². The number of hydrogen-bond donors (Lipinski definition) is 0. The van der Waals surface area contributed by atoms with E-state index in [-0.39, 0.29) is 58.2 Å². The van der Waals surface area contributed by atoms with E-state index in [0.717, 1.165) is 0 Å². The quantitative estimate of drug-likeness (QED) is 0.241. The van der Waals surface area contributed by atoms with Crippen molar-refractivity contribution in [1.29, 1.82) is 0 Å². The molecule has 0 saturated heterocycles. The Morgan fingerprint density at radius 3 is 2.29 bits per heavy atom. The zero-order chi connectivity index (χ0) is 4.99. The summed E-state index contributed by atoms with van der Waals surface area (Å²) in [5.41, 5.74) is 0. The molecule has 34 valence electrons. The standard InChI is InChI=1S/C4H5O2.Rb/c1-3-4(5)6-2;/h1H2,2H3;/q-1;+1.